The van der Waals surface area contributed by atoms with Gasteiger partial charge in [-0.05, 0) is 53.7 Å². The summed E-state index contributed by atoms with van der Waals surface area (Å²) < 4.78 is 12.5. The van der Waals surface area contributed by atoms with Crippen molar-refractivity contribution >= 4 is 40.6 Å². The van der Waals surface area contributed by atoms with E-state index in [9.17, 15) is 9.59 Å². The topological polar surface area (TPSA) is 85.4 Å². The van der Waals surface area contributed by atoms with E-state index in [1.54, 1.807) is 36.4 Å². The number of rotatable bonds is 5. The number of halogens is 1. The molecule has 0 saturated carbocycles. The Morgan fingerprint density at radius 3 is 2.42 bits per heavy atom. The van der Waals surface area contributed by atoms with Gasteiger partial charge in [-0.1, -0.05) is 35.9 Å². The number of aromatic nitrogens is 2. The van der Waals surface area contributed by atoms with Crippen molar-refractivity contribution < 1.29 is 14.3 Å². The molecule has 0 aliphatic carbocycles. The van der Waals surface area contributed by atoms with Crippen LogP contribution in [0.4, 0.5) is 0 Å². The van der Waals surface area contributed by atoms with Crippen LogP contribution in [0.3, 0.4) is 0 Å². The van der Waals surface area contributed by atoms with Crippen molar-refractivity contribution in [3.05, 3.63) is 97.5 Å². The normalized spacial score (nSPS) is 12.2. The lowest BCUT2D eigenvalue weighted by molar-refractivity contribution is 0.0951. The first-order valence-corrected chi connectivity index (χ1v) is 10.9. The number of nitrogens with zero attached hydrogens (tertiary/aromatic N) is 1. The van der Waals surface area contributed by atoms with E-state index in [4.69, 9.17) is 33.3 Å². The van der Waals surface area contributed by atoms with Crippen molar-refractivity contribution in [2.24, 2.45) is 0 Å². The molecule has 1 amide bonds. The molecular weight excluding hydrogens is 462 g/mol. The largest absolute Gasteiger partial charge is 0.454 e. The standard InChI is InChI=1S/C24H18ClN3O4S/c25-17-7-3-14(4-8-17)11-26-22(29)16-5-1-15(2-6-16)12-28-23(30)18-9-20-21(32-13-31-20)10-19(18)27-24(28)33/h1-10H,11-13H2,(H,26,29)(H,27,33). The fraction of sp³-hybridized carbons (Fsp3) is 0.125. The Labute approximate surface area is 198 Å². The molecule has 0 radical (unpaired) electrons. The molecule has 2 heterocycles. The van der Waals surface area contributed by atoms with Crippen LogP contribution in [0.5, 0.6) is 11.5 Å². The van der Waals surface area contributed by atoms with Gasteiger partial charge in [0.2, 0.25) is 6.79 Å². The quantitative estimate of drug-likeness (QED) is 0.414. The van der Waals surface area contributed by atoms with Gasteiger partial charge in [-0.3, -0.25) is 14.2 Å². The molecular formula is C24H18ClN3O4S. The molecule has 5 rings (SSSR count). The van der Waals surface area contributed by atoms with E-state index in [2.05, 4.69) is 10.3 Å². The second kappa shape index (κ2) is 8.73. The summed E-state index contributed by atoms with van der Waals surface area (Å²) in [6, 6.07) is 17.7. The van der Waals surface area contributed by atoms with Gasteiger partial charge in [0, 0.05) is 23.2 Å². The second-order valence-corrected chi connectivity index (χ2v) is 8.40. The molecule has 0 unspecified atom stereocenters. The van der Waals surface area contributed by atoms with Crippen molar-refractivity contribution in [2.75, 3.05) is 6.79 Å². The molecule has 0 spiro atoms. The Morgan fingerprint density at radius 1 is 1.03 bits per heavy atom. The number of carbonyl (C=O) groups is 1. The maximum Gasteiger partial charge on any atom is 0.262 e. The smallest absolute Gasteiger partial charge is 0.262 e. The van der Waals surface area contributed by atoms with Crippen LogP contribution in [0.2, 0.25) is 5.02 Å². The van der Waals surface area contributed by atoms with Crippen LogP contribution in [-0.4, -0.2) is 22.3 Å². The van der Waals surface area contributed by atoms with Gasteiger partial charge >= 0.3 is 0 Å². The van der Waals surface area contributed by atoms with Crippen LogP contribution >= 0.6 is 23.8 Å². The van der Waals surface area contributed by atoms with Gasteiger partial charge in [-0.25, -0.2) is 0 Å². The van der Waals surface area contributed by atoms with Gasteiger partial charge < -0.3 is 19.8 Å². The van der Waals surface area contributed by atoms with Crippen LogP contribution in [0.15, 0.2) is 65.5 Å². The van der Waals surface area contributed by atoms with Gasteiger partial charge in [0.1, 0.15) is 0 Å². The summed E-state index contributed by atoms with van der Waals surface area (Å²) in [5.74, 6) is 0.925. The van der Waals surface area contributed by atoms with E-state index < -0.39 is 0 Å². The fourth-order valence-electron chi connectivity index (χ4n) is 3.62. The zero-order valence-corrected chi connectivity index (χ0v) is 18.8. The van der Waals surface area contributed by atoms with E-state index in [1.165, 1.54) is 4.57 Å². The molecule has 0 bridgehead atoms. The third-order valence-electron chi connectivity index (χ3n) is 5.40. The predicted octanol–water partition coefficient (Wildman–Crippen LogP) is 4.42. The number of fused-ring (bicyclic) bond motifs is 2. The SMILES string of the molecule is O=C(NCc1ccc(Cl)cc1)c1ccc(Cn2c(=S)[nH]c3cc4c(cc3c2=O)OCO4)cc1. The predicted molar refractivity (Wildman–Crippen MR) is 128 cm³/mol. The lowest BCUT2D eigenvalue weighted by atomic mass is 10.1. The summed E-state index contributed by atoms with van der Waals surface area (Å²) in [7, 11) is 0. The summed E-state index contributed by atoms with van der Waals surface area (Å²) in [5.41, 5.74) is 2.69. The Hall–Kier alpha value is -3.62. The van der Waals surface area contributed by atoms with Gasteiger partial charge in [0.05, 0.1) is 17.4 Å². The Bertz CT molecular complexity index is 1480. The highest BCUT2D eigenvalue weighted by atomic mass is 35.5. The molecule has 4 aromatic rings. The van der Waals surface area contributed by atoms with E-state index in [1.807, 2.05) is 24.3 Å². The van der Waals surface area contributed by atoms with Gasteiger partial charge in [0.15, 0.2) is 16.3 Å². The minimum absolute atomic E-state index is 0.125. The van der Waals surface area contributed by atoms with Crippen LogP contribution < -0.4 is 20.3 Å². The van der Waals surface area contributed by atoms with Crippen molar-refractivity contribution in [2.45, 2.75) is 13.1 Å². The molecule has 2 N–H and O–H groups in total. The molecule has 166 valence electrons. The average molecular weight is 480 g/mol. The van der Waals surface area contributed by atoms with Crippen molar-refractivity contribution in [1.82, 2.24) is 14.9 Å². The number of amides is 1. The van der Waals surface area contributed by atoms with Crippen LogP contribution in [0.1, 0.15) is 21.5 Å². The highest BCUT2D eigenvalue weighted by molar-refractivity contribution is 7.71. The number of H-pyrrole nitrogens is 1. The maximum atomic E-state index is 13.1. The number of nitrogens with one attached hydrogen (secondary N) is 2. The molecule has 1 aromatic heterocycles. The lowest BCUT2D eigenvalue weighted by Gasteiger charge is -2.10. The second-order valence-electron chi connectivity index (χ2n) is 7.58. The maximum absolute atomic E-state index is 13.1. The number of carbonyl (C=O) groups excluding carboxylic acids is 1. The molecule has 7 nitrogen and oxygen atoms in total. The first-order valence-electron chi connectivity index (χ1n) is 10.2. The van der Waals surface area contributed by atoms with E-state index in [0.717, 1.165) is 11.1 Å². The third kappa shape index (κ3) is 4.35. The average Bonchev–Trinajstić information content (AvgIpc) is 3.28. The molecule has 9 heteroatoms. The molecule has 1 aliphatic heterocycles. The number of hydrogen-bond acceptors (Lipinski definition) is 5. The Kier molecular flexibility index (Phi) is 5.62. The summed E-state index contributed by atoms with van der Waals surface area (Å²) >= 11 is 11.3. The lowest BCUT2D eigenvalue weighted by Crippen LogP contribution is -2.23. The zero-order valence-electron chi connectivity index (χ0n) is 17.3. The molecule has 33 heavy (non-hydrogen) atoms. The molecule has 0 fully saturated rings. The van der Waals surface area contributed by atoms with Crippen LogP contribution in [0, 0.1) is 4.77 Å². The molecule has 3 aromatic carbocycles. The van der Waals surface area contributed by atoms with E-state index >= 15 is 0 Å². The van der Waals surface area contributed by atoms with Gasteiger partial charge in [0.25, 0.3) is 11.5 Å². The number of ether oxygens (including phenoxy) is 2. The van der Waals surface area contributed by atoms with Crippen LogP contribution in [0.25, 0.3) is 10.9 Å². The van der Waals surface area contributed by atoms with Crippen molar-refractivity contribution in [1.29, 1.82) is 0 Å². The van der Waals surface area contributed by atoms with E-state index in [-0.39, 0.29) is 24.8 Å². The summed E-state index contributed by atoms with van der Waals surface area (Å²) in [6.45, 7) is 0.795. The molecule has 0 saturated heterocycles. The molecule has 1 aliphatic rings. The first kappa shape index (κ1) is 21.2. The zero-order chi connectivity index (χ0) is 22.9. The minimum Gasteiger partial charge on any atom is -0.454 e. The Morgan fingerprint density at radius 2 is 1.70 bits per heavy atom. The van der Waals surface area contributed by atoms with Gasteiger partial charge in [-0.2, -0.15) is 0 Å². The summed E-state index contributed by atoms with van der Waals surface area (Å²) in [4.78, 5) is 28.6. The number of hydrogen-bond donors (Lipinski definition) is 2. The van der Waals surface area contributed by atoms with Crippen molar-refractivity contribution in [3.8, 4) is 11.5 Å². The van der Waals surface area contributed by atoms with E-state index in [0.29, 0.717) is 44.3 Å². The summed E-state index contributed by atoms with van der Waals surface area (Å²) in [6.07, 6.45) is 0. The third-order valence-corrected chi connectivity index (χ3v) is 5.97. The highest BCUT2D eigenvalue weighted by Crippen LogP contribution is 2.34. The first-order chi connectivity index (χ1) is 16.0. The summed E-state index contributed by atoms with van der Waals surface area (Å²) in [5, 5.41) is 4.00. The fourth-order valence-corrected chi connectivity index (χ4v) is 4.00. The highest BCUT2D eigenvalue weighted by Gasteiger charge is 2.17. The number of aromatic amines is 1. The van der Waals surface area contributed by atoms with Gasteiger partial charge in [-0.15, -0.1) is 0 Å². The monoisotopic (exact) mass is 479 g/mol. The molecule has 0 atom stereocenters. The Balaban J connectivity index is 1.33. The number of benzene rings is 3. The van der Waals surface area contributed by atoms with Crippen LogP contribution in [-0.2, 0) is 13.1 Å². The minimum atomic E-state index is -0.225. The van der Waals surface area contributed by atoms with Crippen molar-refractivity contribution in [3.63, 3.8) is 0 Å².